The first-order valence-corrected chi connectivity index (χ1v) is 7.46. The maximum absolute atomic E-state index is 13.3. The molecule has 1 amide bonds. The van der Waals surface area contributed by atoms with Crippen LogP contribution in [0.4, 0.5) is 18.9 Å². The number of halogens is 3. The highest BCUT2D eigenvalue weighted by Crippen LogP contribution is 2.39. The largest absolute Gasteiger partial charge is 0.442 e. The van der Waals surface area contributed by atoms with Gasteiger partial charge in [-0.15, -0.1) is 0 Å². The summed E-state index contributed by atoms with van der Waals surface area (Å²) in [4.78, 5) is 22.5. The first-order valence-electron chi connectivity index (χ1n) is 7.46. The molecule has 1 heterocycles. The number of amides is 1. The number of nitro benzene ring substituents is 1. The Morgan fingerprint density at radius 3 is 2.68 bits per heavy atom. The average Bonchev–Trinajstić information content (AvgIpc) is 2.90. The maximum Gasteiger partial charge on any atom is 0.442 e. The first-order chi connectivity index (χ1) is 11.6. The Labute approximate surface area is 140 Å². The van der Waals surface area contributed by atoms with E-state index in [0.29, 0.717) is 18.9 Å². The minimum atomic E-state index is -5.15. The van der Waals surface area contributed by atoms with Crippen molar-refractivity contribution in [2.75, 3.05) is 0 Å². The van der Waals surface area contributed by atoms with Gasteiger partial charge >= 0.3 is 6.18 Å². The van der Waals surface area contributed by atoms with E-state index in [-0.39, 0.29) is 22.7 Å². The maximum atomic E-state index is 13.3. The van der Waals surface area contributed by atoms with Crippen molar-refractivity contribution in [2.24, 2.45) is 0 Å². The van der Waals surface area contributed by atoms with Gasteiger partial charge in [0.05, 0.1) is 4.92 Å². The van der Waals surface area contributed by atoms with Gasteiger partial charge in [0.25, 0.3) is 17.3 Å². The third-order valence-electron chi connectivity index (χ3n) is 3.70. The normalized spacial score (nSPS) is 20.2. The van der Waals surface area contributed by atoms with E-state index in [9.17, 15) is 33.2 Å². The lowest BCUT2D eigenvalue weighted by atomic mass is 10.1. The summed E-state index contributed by atoms with van der Waals surface area (Å²) in [6.45, 7) is 1.84. The lowest BCUT2D eigenvalue weighted by Crippen LogP contribution is -2.60. The molecule has 0 unspecified atom stereocenters. The van der Waals surface area contributed by atoms with Crippen molar-refractivity contribution in [3.8, 4) is 0 Å². The highest BCUT2D eigenvalue weighted by atomic mass is 19.4. The van der Waals surface area contributed by atoms with Crippen LogP contribution in [0.15, 0.2) is 36.0 Å². The molecule has 2 rings (SSSR count). The molecule has 0 fully saturated rings. The van der Waals surface area contributed by atoms with Gasteiger partial charge in [0.2, 0.25) is 0 Å². The predicted molar refractivity (Wildman–Crippen MR) is 81.0 cm³/mol. The summed E-state index contributed by atoms with van der Waals surface area (Å²) in [5.41, 5.74) is -2.00. The number of hydrogen-bond donors (Lipinski definition) is 2. The third-order valence-corrected chi connectivity index (χ3v) is 3.70. The molecular weight excluding hydrogens is 343 g/mol. The average molecular weight is 359 g/mol. The number of rotatable bonds is 5. The highest BCUT2D eigenvalue weighted by molar-refractivity contribution is 5.95. The first kappa shape index (κ1) is 18.7. The monoisotopic (exact) mass is 359 g/mol. The highest BCUT2D eigenvalue weighted by Gasteiger charge is 2.61. The Morgan fingerprint density at radius 2 is 2.12 bits per heavy atom. The fourth-order valence-electron chi connectivity index (χ4n) is 2.36. The Kier molecular flexibility index (Phi) is 5.02. The molecule has 0 bridgehead atoms. The standard InChI is InChI=1S/C15H16F3N3O4/c1-2-3-6-11-9-14(23,15(16,17)18)20(19-11)13(22)10-5-4-7-12(8-10)21(24)25/h4-5,7-9,19,23H,2-3,6H2,1H3/t14-/m0/s1. The second kappa shape index (κ2) is 6.71. The zero-order valence-corrected chi connectivity index (χ0v) is 13.2. The van der Waals surface area contributed by atoms with Gasteiger partial charge in [-0.3, -0.25) is 20.3 Å². The number of hydrazine groups is 1. The number of hydrogen-bond acceptors (Lipinski definition) is 5. The van der Waals surface area contributed by atoms with Crippen molar-refractivity contribution in [3.63, 3.8) is 0 Å². The molecule has 1 aromatic carbocycles. The quantitative estimate of drug-likeness (QED) is 0.623. The Hall–Kier alpha value is -2.62. The fraction of sp³-hybridized carbons (Fsp3) is 0.400. The summed E-state index contributed by atoms with van der Waals surface area (Å²) < 4.78 is 40.0. The van der Waals surface area contributed by atoms with E-state index >= 15 is 0 Å². The molecule has 0 saturated carbocycles. The second-order valence-electron chi connectivity index (χ2n) is 5.56. The number of nitrogens with one attached hydrogen (secondary N) is 1. The smallest absolute Gasteiger partial charge is 0.359 e. The van der Waals surface area contributed by atoms with Crippen LogP contribution in [-0.4, -0.2) is 32.8 Å². The van der Waals surface area contributed by atoms with E-state index in [1.54, 1.807) is 0 Å². The number of nitro groups is 1. The molecule has 0 aliphatic carbocycles. The zero-order valence-electron chi connectivity index (χ0n) is 13.2. The number of aliphatic hydroxyl groups is 1. The molecule has 1 aromatic rings. The van der Waals surface area contributed by atoms with Gasteiger partial charge in [-0.2, -0.15) is 13.2 Å². The zero-order chi connectivity index (χ0) is 18.8. The van der Waals surface area contributed by atoms with Crippen molar-refractivity contribution in [3.05, 3.63) is 51.7 Å². The van der Waals surface area contributed by atoms with Crippen LogP contribution in [0.25, 0.3) is 0 Å². The fourth-order valence-corrected chi connectivity index (χ4v) is 2.36. The van der Waals surface area contributed by atoms with Gasteiger partial charge in [-0.1, -0.05) is 19.4 Å². The van der Waals surface area contributed by atoms with Gasteiger partial charge in [0.15, 0.2) is 0 Å². The summed E-state index contributed by atoms with van der Waals surface area (Å²) in [6, 6.07) is 4.28. The van der Waals surface area contributed by atoms with Crippen LogP contribution in [0.3, 0.4) is 0 Å². The number of benzene rings is 1. The number of allylic oxidation sites excluding steroid dienone is 1. The molecule has 0 aromatic heterocycles. The number of nitrogens with zero attached hydrogens (tertiary/aromatic N) is 2. The summed E-state index contributed by atoms with van der Waals surface area (Å²) >= 11 is 0. The van der Waals surface area contributed by atoms with Crippen molar-refractivity contribution in [2.45, 2.75) is 38.1 Å². The molecule has 2 N–H and O–H groups in total. The van der Waals surface area contributed by atoms with E-state index in [1.807, 2.05) is 6.92 Å². The van der Waals surface area contributed by atoms with Crippen LogP contribution in [0.5, 0.6) is 0 Å². The van der Waals surface area contributed by atoms with Crippen LogP contribution < -0.4 is 5.43 Å². The second-order valence-corrected chi connectivity index (χ2v) is 5.56. The Balaban J connectivity index is 2.37. The third kappa shape index (κ3) is 3.58. The topological polar surface area (TPSA) is 95.7 Å². The van der Waals surface area contributed by atoms with Gasteiger partial charge in [0.1, 0.15) is 0 Å². The number of non-ortho nitro benzene ring substituents is 1. The van der Waals surface area contributed by atoms with E-state index in [2.05, 4.69) is 5.43 Å². The van der Waals surface area contributed by atoms with Crippen LogP contribution in [-0.2, 0) is 0 Å². The van der Waals surface area contributed by atoms with Crippen molar-refractivity contribution >= 4 is 11.6 Å². The predicted octanol–water partition coefficient (Wildman–Crippen LogP) is 2.88. The van der Waals surface area contributed by atoms with Crippen LogP contribution in [0.2, 0.25) is 0 Å². The van der Waals surface area contributed by atoms with Crippen LogP contribution in [0.1, 0.15) is 36.5 Å². The molecule has 10 heteroatoms. The molecule has 0 saturated heterocycles. The van der Waals surface area contributed by atoms with Gasteiger partial charge < -0.3 is 5.11 Å². The van der Waals surface area contributed by atoms with Crippen LogP contribution >= 0.6 is 0 Å². The van der Waals surface area contributed by atoms with Crippen molar-refractivity contribution in [1.29, 1.82) is 0 Å². The molecule has 0 spiro atoms. The number of alkyl halides is 3. The molecule has 1 aliphatic rings. The van der Waals surface area contributed by atoms with E-state index in [0.717, 1.165) is 18.2 Å². The van der Waals surface area contributed by atoms with E-state index in [4.69, 9.17) is 0 Å². The molecule has 0 radical (unpaired) electrons. The minimum absolute atomic E-state index is 0.0526. The summed E-state index contributed by atoms with van der Waals surface area (Å²) in [5, 5.41) is 20.9. The molecule has 1 atom stereocenters. The molecule has 1 aliphatic heterocycles. The lowest BCUT2D eigenvalue weighted by Gasteiger charge is -2.33. The van der Waals surface area contributed by atoms with Crippen molar-refractivity contribution in [1.82, 2.24) is 10.4 Å². The summed E-state index contributed by atoms with van der Waals surface area (Å²) in [5.74, 6) is -1.23. The van der Waals surface area contributed by atoms with Gasteiger partial charge in [-0.25, -0.2) is 5.01 Å². The molecule has 7 nitrogen and oxygen atoms in total. The van der Waals surface area contributed by atoms with E-state index < -0.39 is 28.4 Å². The van der Waals surface area contributed by atoms with Gasteiger partial charge in [0, 0.05) is 23.4 Å². The number of carbonyl (C=O) groups is 1. The summed E-state index contributed by atoms with van der Waals surface area (Å²) in [7, 11) is 0. The summed E-state index contributed by atoms with van der Waals surface area (Å²) in [6.07, 6.45) is -3.11. The number of unbranched alkanes of at least 4 members (excludes halogenated alkanes) is 1. The molecular formula is C15H16F3N3O4. The van der Waals surface area contributed by atoms with Crippen molar-refractivity contribution < 1.29 is 28.0 Å². The molecule has 136 valence electrons. The molecule has 25 heavy (non-hydrogen) atoms. The van der Waals surface area contributed by atoms with Gasteiger partial charge in [-0.05, 0) is 25.0 Å². The SMILES string of the molecule is CCCCC1=C[C@](O)(C(F)(F)F)N(C(=O)c2cccc([N+](=O)[O-])c2)N1. The van der Waals surface area contributed by atoms with E-state index in [1.165, 1.54) is 6.07 Å². The lowest BCUT2D eigenvalue weighted by molar-refractivity contribution is -0.384. The van der Waals surface area contributed by atoms with Crippen LogP contribution in [0, 0.1) is 10.1 Å². The number of carbonyl (C=O) groups excluding carboxylic acids is 1. The Bertz CT molecular complexity index is 720. The Morgan fingerprint density at radius 1 is 1.44 bits per heavy atom. The minimum Gasteiger partial charge on any atom is -0.359 e.